The fraction of sp³-hybridized carbons (Fsp3) is 0.529. The fourth-order valence-electron chi connectivity index (χ4n) is 3.21. The van der Waals surface area contributed by atoms with Crippen molar-refractivity contribution in [1.29, 1.82) is 0 Å². The highest BCUT2D eigenvalue weighted by atomic mass is 16.4. The van der Waals surface area contributed by atoms with Crippen molar-refractivity contribution in [2.75, 3.05) is 19.6 Å². The van der Waals surface area contributed by atoms with Gasteiger partial charge < -0.3 is 14.4 Å². The Morgan fingerprint density at radius 1 is 1.40 bits per heavy atom. The Morgan fingerprint density at radius 2 is 2.20 bits per heavy atom. The van der Waals surface area contributed by atoms with Gasteiger partial charge in [-0.05, 0) is 25.6 Å². The Hall–Kier alpha value is -2.32. The number of aliphatic hydroxyl groups excluding tert-OH is 1. The van der Waals surface area contributed by atoms with Gasteiger partial charge in [0.15, 0.2) is 0 Å². The van der Waals surface area contributed by atoms with Gasteiger partial charge in [0.25, 0.3) is 5.91 Å². The monoisotopic (exact) mass is 345 g/mol. The van der Waals surface area contributed by atoms with Gasteiger partial charge >= 0.3 is 0 Å². The number of likely N-dealkylation sites (N-methyl/N-ethyl adjacent to an activating group) is 1. The molecule has 0 aromatic carbocycles. The predicted molar refractivity (Wildman–Crippen MR) is 89.8 cm³/mol. The molecule has 0 spiro atoms. The van der Waals surface area contributed by atoms with Crippen LogP contribution in [0.2, 0.25) is 0 Å². The van der Waals surface area contributed by atoms with Gasteiger partial charge in [-0.15, -0.1) is 10.2 Å². The van der Waals surface area contributed by atoms with Crippen LogP contribution in [-0.4, -0.2) is 67.8 Å². The number of nitrogens with zero attached hydrogens (tertiary/aromatic N) is 5. The lowest BCUT2D eigenvalue weighted by Gasteiger charge is -2.27. The van der Waals surface area contributed by atoms with Crippen LogP contribution in [0.5, 0.6) is 0 Å². The number of aromatic nitrogens is 3. The Morgan fingerprint density at radius 3 is 2.84 bits per heavy atom. The molecule has 3 rings (SSSR count). The number of carbonyl (C=O) groups is 1. The van der Waals surface area contributed by atoms with Gasteiger partial charge in [-0.25, -0.2) is 0 Å². The van der Waals surface area contributed by atoms with Gasteiger partial charge in [-0.1, -0.05) is 6.92 Å². The summed E-state index contributed by atoms with van der Waals surface area (Å²) in [4.78, 5) is 20.7. The van der Waals surface area contributed by atoms with E-state index in [4.69, 9.17) is 4.42 Å². The molecule has 0 bridgehead atoms. The van der Waals surface area contributed by atoms with Gasteiger partial charge in [0.1, 0.15) is 0 Å². The second kappa shape index (κ2) is 7.28. The zero-order valence-corrected chi connectivity index (χ0v) is 14.7. The van der Waals surface area contributed by atoms with Gasteiger partial charge in [0.2, 0.25) is 11.8 Å². The maximum absolute atomic E-state index is 12.7. The van der Waals surface area contributed by atoms with Gasteiger partial charge in [-0.3, -0.25) is 14.7 Å². The number of aryl methyl sites for hydroxylation is 2. The van der Waals surface area contributed by atoms with Crippen LogP contribution in [0.3, 0.4) is 0 Å². The van der Waals surface area contributed by atoms with Gasteiger partial charge in [0.05, 0.1) is 24.3 Å². The summed E-state index contributed by atoms with van der Waals surface area (Å²) in [5, 5.41) is 18.3. The van der Waals surface area contributed by atoms with E-state index in [2.05, 4.69) is 20.1 Å². The van der Waals surface area contributed by atoms with Crippen LogP contribution in [0.4, 0.5) is 0 Å². The molecule has 1 amide bonds. The third kappa shape index (κ3) is 3.69. The van der Waals surface area contributed by atoms with Crippen LogP contribution in [0.1, 0.15) is 34.8 Å². The number of amides is 1. The number of hydrogen-bond donors (Lipinski definition) is 1. The Labute approximate surface area is 146 Å². The van der Waals surface area contributed by atoms with Crippen LogP contribution in [-0.2, 0) is 6.54 Å². The lowest BCUT2D eigenvalue weighted by Crippen LogP contribution is -2.43. The van der Waals surface area contributed by atoms with E-state index in [1.54, 1.807) is 30.2 Å². The van der Waals surface area contributed by atoms with Crippen LogP contribution in [0, 0.1) is 13.8 Å². The first-order valence-electron chi connectivity index (χ1n) is 8.41. The first kappa shape index (κ1) is 17.5. The summed E-state index contributed by atoms with van der Waals surface area (Å²) >= 11 is 0. The second-order valence-electron chi connectivity index (χ2n) is 6.26. The Kier molecular flexibility index (Phi) is 5.10. The molecule has 3 heterocycles. The normalized spacial score (nSPS) is 20.4. The molecule has 2 aromatic heterocycles. The summed E-state index contributed by atoms with van der Waals surface area (Å²) in [5.41, 5.74) is 1.27. The Bertz CT molecular complexity index is 747. The first-order chi connectivity index (χ1) is 12.0. The molecule has 1 N–H and O–H groups in total. The highest BCUT2D eigenvalue weighted by Crippen LogP contribution is 2.21. The molecule has 1 aliphatic heterocycles. The maximum Gasteiger partial charge on any atom is 0.255 e. The van der Waals surface area contributed by atoms with E-state index in [0.29, 0.717) is 49.2 Å². The molecule has 2 aromatic rings. The SMILES string of the molecule is CCN(Cc1nnc(C)o1)[C@H]1CN(C(=O)c2cccnc2C)C[C@H]1O. The van der Waals surface area contributed by atoms with E-state index < -0.39 is 6.10 Å². The molecule has 2 atom stereocenters. The molecule has 0 saturated carbocycles. The average molecular weight is 345 g/mol. The van der Waals surface area contributed by atoms with Crippen LogP contribution < -0.4 is 0 Å². The standard InChI is InChI=1S/C17H23N5O3/c1-4-21(10-16-20-19-12(3)25-16)14-8-22(9-15(14)23)17(24)13-6-5-7-18-11(13)2/h5-7,14-15,23H,4,8-10H2,1-3H3/t14-,15+/m0/s1. The van der Waals surface area contributed by atoms with E-state index in [0.717, 1.165) is 0 Å². The second-order valence-corrected chi connectivity index (χ2v) is 6.26. The van der Waals surface area contributed by atoms with Gasteiger partial charge in [-0.2, -0.15) is 0 Å². The minimum atomic E-state index is -0.620. The summed E-state index contributed by atoms with van der Waals surface area (Å²) in [6.45, 7) is 7.48. The van der Waals surface area contributed by atoms with Gasteiger partial charge in [0, 0.05) is 31.9 Å². The average Bonchev–Trinajstić information content (AvgIpc) is 3.18. The lowest BCUT2D eigenvalue weighted by molar-refractivity contribution is 0.0743. The third-order valence-corrected chi connectivity index (χ3v) is 4.57. The van der Waals surface area contributed by atoms with Crippen molar-refractivity contribution in [3.05, 3.63) is 41.4 Å². The third-order valence-electron chi connectivity index (χ3n) is 4.57. The molecule has 25 heavy (non-hydrogen) atoms. The summed E-state index contributed by atoms with van der Waals surface area (Å²) < 4.78 is 5.44. The highest BCUT2D eigenvalue weighted by molar-refractivity contribution is 5.95. The van der Waals surface area contributed by atoms with Crippen molar-refractivity contribution in [1.82, 2.24) is 25.0 Å². The smallest absolute Gasteiger partial charge is 0.255 e. The van der Waals surface area contributed by atoms with Crippen molar-refractivity contribution in [3.8, 4) is 0 Å². The number of β-amino-alcohol motifs (C(OH)–C–C–N with tert-alkyl or cyclic N) is 1. The lowest BCUT2D eigenvalue weighted by atomic mass is 10.2. The summed E-state index contributed by atoms with van der Waals surface area (Å²) in [6, 6.07) is 3.35. The molecule has 1 saturated heterocycles. The van der Waals surface area contributed by atoms with Crippen LogP contribution in [0.15, 0.2) is 22.7 Å². The predicted octanol–water partition coefficient (Wildman–Crippen LogP) is 0.789. The molecule has 134 valence electrons. The topological polar surface area (TPSA) is 95.6 Å². The number of hydrogen-bond acceptors (Lipinski definition) is 7. The Balaban J connectivity index is 1.71. The van der Waals surface area contributed by atoms with Crippen molar-refractivity contribution in [2.24, 2.45) is 0 Å². The van der Waals surface area contributed by atoms with Crippen molar-refractivity contribution >= 4 is 5.91 Å². The van der Waals surface area contributed by atoms with E-state index in [9.17, 15) is 9.90 Å². The molecule has 8 nitrogen and oxygen atoms in total. The van der Waals surface area contributed by atoms with E-state index in [-0.39, 0.29) is 11.9 Å². The highest BCUT2D eigenvalue weighted by Gasteiger charge is 2.38. The number of rotatable bonds is 5. The summed E-state index contributed by atoms with van der Waals surface area (Å²) in [7, 11) is 0. The number of pyridine rings is 1. The molecule has 8 heteroatoms. The summed E-state index contributed by atoms with van der Waals surface area (Å²) in [6.07, 6.45) is 1.05. The van der Waals surface area contributed by atoms with Crippen LogP contribution >= 0.6 is 0 Å². The largest absolute Gasteiger partial charge is 0.424 e. The molecular formula is C17H23N5O3. The number of carbonyl (C=O) groups excluding carboxylic acids is 1. The van der Waals surface area contributed by atoms with Crippen molar-refractivity contribution in [2.45, 2.75) is 39.5 Å². The van der Waals surface area contributed by atoms with Crippen LogP contribution in [0.25, 0.3) is 0 Å². The van der Waals surface area contributed by atoms with E-state index in [1.165, 1.54) is 0 Å². The molecule has 0 aliphatic carbocycles. The van der Waals surface area contributed by atoms with E-state index in [1.807, 2.05) is 13.8 Å². The van der Waals surface area contributed by atoms with Crippen molar-refractivity contribution in [3.63, 3.8) is 0 Å². The number of likely N-dealkylation sites (tertiary alicyclic amines) is 1. The minimum Gasteiger partial charge on any atom is -0.424 e. The molecule has 1 fully saturated rings. The zero-order valence-electron chi connectivity index (χ0n) is 14.7. The maximum atomic E-state index is 12.7. The summed E-state index contributed by atoms with van der Waals surface area (Å²) in [5.74, 6) is 0.929. The fourth-order valence-corrected chi connectivity index (χ4v) is 3.21. The molecular weight excluding hydrogens is 322 g/mol. The zero-order chi connectivity index (χ0) is 18.0. The number of aliphatic hydroxyl groups is 1. The quantitative estimate of drug-likeness (QED) is 0.856. The first-order valence-corrected chi connectivity index (χ1v) is 8.41. The van der Waals surface area contributed by atoms with Crippen molar-refractivity contribution < 1.29 is 14.3 Å². The minimum absolute atomic E-state index is 0.100. The van der Waals surface area contributed by atoms with E-state index >= 15 is 0 Å². The molecule has 0 radical (unpaired) electrons. The molecule has 1 aliphatic rings. The molecule has 0 unspecified atom stereocenters.